The van der Waals surface area contributed by atoms with Gasteiger partial charge in [-0.2, -0.15) is 0 Å². The van der Waals surface area contributed by atoms with Crippen molar-refractivity contribution in [2.75, 3.05) is 0 Å². The molecule has 2 nitrogen and oxygen atoms in total. The Kier molecular flexibility index (Phi) is 2.55. The highest BCUT2D eigenvalue weighted by atomic mass is 16.3. The van der Waals surface area contributed by atoms with Gasteiger partial charge in [0.15, 0.2) is 0 Å². The van der Waals surface area contributed by atoms with Crippen molar-refractivity contribution in [2.45, 2.75) is 44.6 Å². The van der Waals surface area contributed by atoms with Gasteiger partial charge in [0.2, 0.25) is 0 Å². The number of aromatic nitrogens is 1. The van der Waals surface area contributed by atoms with Crippen LogP contribution in [0.4, 0.5) is 0 Å². The molecule has 76 valence electrons. The average Bonchev–Trinajstić information content (AvgIpc) is 2.18. The summed E-state index contributed by atoms with van der Waals surface area (Å²) in [7, 11) is 0. The molecule has 1 N–H and O–H groups in total. The molecule has 1 fully saturated rings. The number of nitrogens with zero attached hydrogens (tertiary/aromatic N) is 1. The Hall–Kier alpha value is -0.890. The molecule has 0 radical (unpaired) electrons. The van der Waals surface area contributed by atoms with Gasteiger partial charge in [0.25, 0.3) is 0 Å². The maximum atomic E-state index is 9.03. The molecule has 1 aromatic rings. The molecule has 2 rings (SSSR count). The molecule has 1 aromatic heterocycles. The van der Waals surface area contributed by atoms with E-state index in [9.17, 15) is 0 Å². The Morgan fingerprint density at radius 3 is 2.71 bits per heavy atom. The van der Waals surface area contributed by atoms with Gasteiger partial charge in [-0.3, -0.25) is 4.98 Å². The summed E-state index contributed by atoms with van der Waals surface area (Å²) in [4.78, 5) is 4.51. The van der Waals surface area contributed by atoms with Crippen LogP contribution in [-0.4, -0.2) is 10.1 Å². The fourth-order valence-corrected chi connectivity index (χ4v) is 2.26. The molecule has 1 saturated carbocycles. The number of pyridine rings is 1. The summed E-state index contributed by atoms with van der Waals surface area (Å²) in [6, 6.07) is 5.98. The number of aliphatic hydroxyl groups excluding tert-OH is 1. The van der Waals surface area contributed by atoms with E-state index in [1.54, 1.807) is 0 Å². The van der Waals surface area contributed by atoms with Crippen LogP contribution in [-0.2, 0) is 12.0 Å². The van der Waals surface area contributed by atoms with Crippen LogP contribution in [0.5, 0.6) is 0 Å². The quantitative estimate of drug-likeness (QED) is 0.795. The monoisotopic (exact) mass is 191 g/mol. The molecule has 0 unspecified atom stereocenters. The van der Waals surface area contributed by atoms with Gasteiger partial charge in [-0.15, -0.1) is 0 Å². The minimum absolute atomic E-state index is 0.0492. The number of aliphatic hydroxyl groups is 1. The van der Waals surface area contributed by atoms with E-state index < -0.39 is 0 Å². The van der Waals surface area contributed by atoms with Gasteiger partial charge in [0, 0.05) is 11.1 Å². The highest BCUT2D eigenvalue weighted by molar-refractivity contribution is 5.22. The lowest BCUT2D eigenvalue weighted by molar-refractivity contribution is 0.224. The fourth-order valence-electron chi connectivity index (χ4n) is 2.26. The predicted octanol–water partition coefficient (Wildman–Crippen LogP) is 2.41. The maximum Gasteiger partial charge on any atom is 0.0853 e. The molecular weight excluding hydrogens is 174 g/mol. The summed E-state index contributed by atoms with van der Waals surface area (Å²) in [5.41, 5.74) is 2.30. The third-order valence-corrected chi connectivity index (χ3v) is 3.50. The van der Waals surface area contributed by atoms with Crippen molar-refractivity contribution < 1.29 is 5.11 Å². The van der Waals surface area contributed by atoms with E-state index >= 15 is 0 Å². The topological polar surface area (TPSA) is 33.1 Å². The van der Waals surface area contributed by atoms with Crippen LogP contribution in [0.15, 0.2) is 18.2 Å². The number of rotatable bonds is 3. The molecule has 1 aliphatic carbocycles. The molecular formula is C12H17NO. The normalized spacial score (nSPS) is 19.0. The molecule has 14 heavy (non-hydrogen) atoms. The largest absolute Gasteiger partial charge is 0.390 e. The smallest absolute Gasteiger partial charge is 0.0853 e. The second-order valence-corrected chi connectivity index (χ2v) is 4.16. The van der Waals surface area contributed by atoms with Gasteiger partial charge >= 0.3 is 0 Å². The van der Waals surface area contributed by atoms with E-state index in [2.05, 4.69) is 18.0 Å². The van der Waals surface area contributed by atoms with Crippen molar-refractivity contribution in [3.63, 3.8) is 0 Å². The average molecular weight is 191 g/mol. The third-order valence-electron chi connectivity index (χ3n) is 3.50. The molecule has 1 heterocycles. The highest BCUT2D eigenvalue weighted by Crippen LogP contribution is 2.45. The van der Waals surface area contributed by atoms with Gasteiger partial charge < -0.3 is 5.11 Å². The van der Waals surface area contributed by atoms with Crippen LogP contribution >= 0.6 is 0 Å². The lowest BCUT2D eigenvalue weighted by Gasteiger charge is -2.40. The molecule has 0 aromatic carbocycles. The SMILES string of the molecule is CCC1(c2cccc(CO)n2)CCC1. The van der Waals surface area contributed by atoms with E-state index in [1.165, 1.54) is 25.0 Å². The number of hydrogen-bond acceptors (Lipinski definition) is 2. The first kappa shape index (κ1) is 9.66. The zero-order chi connectivity index (χ0) is 10.0. The van der Waals surface area contributed by atoms with Gasteiger partial charge in [0.05, 0.1) is 12.3 Å². The Balaban J connectivity index is 2.30. The van der Waals surface area contributed by atoms with Crippen molar-refractivity contribution in [1.82, 2.24) is 4.98 Å². The first-order valence-corrected chi connectivity index (χ1v) is 5.38. The maximum absolute atomic E-state index is 9.03. The van der Waals surface area contributed by atoms with Gasteiger partial charge in [-0.1, -0.05) is 19.4 Å². The van der Waals surface area contributed by atoms with E-state index in [-0.39, 0.29) is 6.61 Å². The highest BCUT2D eigenvalue weighted by Gasteiger charge is 2.37. The number of hydrogen-bond donors (Lipinski definition) is 1. The second-order valence-electron chi connectivity index (χ2n) is 4.16. The molecule has 0 aliphatic heterocycles. The van der Waals surface area contributed by atoms with Crippen molar-refractivity contribution >= 4 is 0 Å². The van der Waals surface area contributed by atoms with Crippen LogP contribution in [0.25, 0.3) is 0 Å². The molecule has 0 amide bonds. The zero-order valence-electron chi connectivity index (χ0n) is 8.66. The first-order chi connectivity index (χ1) is 6.80. The standard InChI is InChI=1S/C12H17NO/c1-2-12(7-4-8-12)11-6-3-5-10(9-14)13-11/h3,5-6,14H,2,4,7-9H2,1H3. The van der Waals surface area contributed by atoms with Crippen molar-refractivity contribution in [3.8, 4) is 0 Å². The first-order valence-electron chi connectivity index (χ1n) is 5.38. The summed E-state index contributed by atoms with van der Waals surface area (Å²) in [5, 5.41) is 9.03. The minimum atomic E-state index is 0.0492. The predicted molar refractivity (Wildman–Crippen MR) is 56.0 cm³/mol. The molecule has 0 atom stereocenters. The Morgan fingerprint density at radius 2 is 2.21 bits per heavy atom. The van der Waals surface area contributed by atoms with Crippen molar-refractivity contribution in [1.29, 1.82) is 0 Å². The summed E-state index contributed by atoms with van der Waals surface area (Å²) in [5.74, 6) is 0. The van der Waals surface area contributed by atoms with Crippen LogP contribution < -0.4 is 0 Å². The van der Waals surface area contributed by atoms with Crippen molar-refractivity contribution in [2.24, 2.45) is 0 Å². The van der Waals surface area contributed by atoms with Crippen LogP contribution in [0, 0.1) is 0 Å². The summed E-state index contributed by atoms with van der Waals surface area (Å²) < 4.78 is 0. The summed E-state index contributed by atoms with van der Waals surface area (Å²) in [6.07, 6.45) is 4.99. The van der Waals surface area contributed by atoms with E-state index in [4.69, 9.17) is 5.11 Å². The van der Waals surface area contributed by atoms with Crippen molar-refractivity contribution in [3.05, 3.63) is 29.6 Å². The molecule has 0 spiro atoms. The lowest BCUT2D eigenvalue weighted by Crippen LogP contribution is -2.34. The van der Waals surface area contributed by atoms with E-state index in [0.29, 0.717) is 5.41 Å². The Morgan fingerprint density at radius 1 is 1.43 bits per heavy atom. The Bertz CT molecular complexity index is 312. The van der Waals surface area contributed by atoms with Crippen LogP contribution in [0.3, 0.4) is 0 Å². The molecule has 2 heteroatoms. The van der Waals surface area contributed by atoms with Gasteiger partial charge in [-0.05, 0) is 31.4 Å². The molecule has 0 saturated heterocycles. The van der Waals surface area contributed by atoms with Gasteiger partial charge in [0.1, 0.15) is 0 Å². The van der Waals surface area contributed by atoms with Gasteiger partial charge in [-0.25, -0.2) is 0 Å². The summed E-state index contributed by atoms with van der Waals surface area (Å²) >= 11 is 0. The lowest BCUT2D eigenvalue weighted by atomic mass is 9.65. The van der Waals surface area contributed by atoms with E-state index in [1.807, 2.05) is 12.1 Å². The van der Waals surface area contributed by atoms with Crippen LogP contribution in [0.2, 0.25) is 0 Å². The Labute approximate surface area is 85.0 Å². The minimum Gasteiger partial charge on any atom is -0.390 e. The zero-order valence-corrected chi connectivity index (χ0v) is 8.66. The molecule has 1 aliphatic rings. The van der Waals surface area contributed by atoms with E-state index in [0.717, 1.165) is 12.1 Å². The fraction of sp³-hybridized carbons (Fsp3) is 0.583. The summed E-state index contributed by atoms with van der Waals surface area (Å²) in [6.45, 7) is 2.28. The van der Waals surface area contributed by atoms with Crippen LogP contribution in [0.1, 0.15) is 44.0 Å². The third kappa shape index (κ3) is 1.44. The second kappa shape index (κ2) is 3.70. The molecule has 0 bridgehead atoms.